The molecular weight excluding hydrogens is 260 g/mol. The molecule has 2 aromatic rings. The first kappa shape index (κ1) is 13.8. The van der Waals surface area contributed by atoms with Crippen molar-refractivity contribution in [2.75, 3.05) is 13.1 Å². The number of aromatic nitrogens is 1. The predicted molar refractivity (Wildman–Crippen MR) is 83.0 cm³/mol. The van der Waals surface area contributed by atoms with Crippen LogP contribution in [0.1, 0.15) is 28.8 Å². The van der Waals surface area contributed by atoms with Gasteiger partial charge in [-0.05, 0) is 42.9 Å². The second-order valence-corrected chi connectivity index (χ2v) is 5.67. The minimum atomic E-state index is 0.112. The molecule has 0 atom stereocenters. The minimum Gasteiger partial charge on any atom is -0.339 e. The number of hydrogen-bond donors (Lipinski definition) is 0. The van der Waals surface area contributed by atoms with Crippen LogP contribution in [0.25, 0.3) is 0 Å². The average Bonchev–Trinajstić information content (AvgIpc) is 2.57. The highest BCUT2D eigenvalue weighted by molar-refractivity contribution is 5.93. The van der Waals surface area contributed by atoms with Gasteiger partial charge in [-0.15, -0.1) is 0 Å². The largest absolute Gasteiger partial charge is 0.339 e. The van der Waals surface area contributed by atoms with Crippen molar-refractivity contribution < 1.29 is 4.79 Å². The summed E-state index contributed by atoms with van der Waals surface area (Å²) >= 11 is 0. The fraction of sp³-hybridized carbons (Fsp3) is 0.333. The van der Waals surface area contributed by atoms with Crippen molar-refractivity contribution in [2.24, 2.45) is 5.92 Å². The molecule has 21 heavy (non-hydrogen) atoms. The number of amides is 1. The molecule has 2 heterocycles. The molecule has 1 saturated heterocycles. The summed E-state index contributed by atoms with van der Waals surface area (Å²) in [6.45, 7) is 1.70. The maximum atomic E-state index is 12.4. The lowest BCUT2D eigenvalue weighted by Crippen LogP contribution is -2.38. The molecule has 0 saturated carbocycles. The van der Waals surface area contributed by atoms with Crippen molar-refractivity contribution in [3.63, 3.8) is 0 Å². The van der Waals surface area contributed by atoms with Gasteiger partial charge in [-0.3, -0.25) is 9.78 Å². The molecule has 1 aliphatic heterocycles. The molecule has 1 aliphatic rings. The Morgan fingerprint density at radius 1 is 1.10 bits per heavy atom. The van der Waals surface area contributed by atoms with Gasteiger partial charge in [0.1, 0.15) is 0 Å². The average molecular weight is 280 g/mol. The van der Waals surface area contributed by atoms with E-state index >= 15 is 0 Å². The molecule has 0 spiro atoms. The lowest BCUT2D eigenvalue weighted by molar-refractivity contribution is 0.0690. The van der Waals surface area contributed by atoms with E-state index in [2.05, 4.69) is 35.3 Å². The molecule has 0 unspecified atom stereocenters. The monoisotopic (exact) mass is 280 g/mol. The van der Waals surface area contributed by atoms with Crippen molar-refractivity contribution >= 4 is 5.91 Å². The number of piperidine rings is 1. The van der Waals surface area contributed by atoms with Gasteiger partial charge < -0.3 is 4.90 Å². The molecule has 3 rings (SSSR count). The molecular formula is C18H20N2O. The van der Waals surface area contributed by atoms with Crippen LogP contribution >= 0.6 is 0 Å². The molecule has 1 fully saturated rings. The van der Waals surface area contributed by atoms with Crippen LogP contribution in [-0.4, -0.2) is 28.9 Å². The number of hydrogen-bond acceptors (Lipinski definition) is 2. The summed E-state index contributed by atoms with van der Waals surface area (Å²) in [7, 11) is 0. The van der Waals surface area contributed by atoms with Gasteiger partial charge in [-0.25, -0.2) is 0 Å². The van der Waals surface area contributed by atoms with Crippen molar-refractivity contribution in [3.8, 4) is 0 Å². The summed E-state index contributed by atoms with van der Waals surface area (Å²) in [6.07, 6.45) is 6.64. The number of carbonyl (C=O) groups is 1. The van der Waals surface area contributed by atoms with Gasteiger partial charge in [0.2, 0.25) is 0 Å². The Morgan fingerprint density at radius 2 is 1.86 bits per heavy atom. The summed E-state index contributed by atoms with van der Waals surface area (Å²) in [5.74, 6) is 0.798. The highest BCUT2D eigenvalue weighted by Crippen LogP contribution is 2.22. The predicted octanol–water partition coefficient (Wildman–Crippen LogP) is 3.18. The lowest BCUT2D eigenvalue weighted by atomic mass is 9.90. The Kier molecular flexibility index (Phi) is 4.29. The van der Waals surface area contributed by atoms with E-state index < -0.39 is 0 Å². The highest BCUT2D eigenvalue weighted by atomic mass is 16.2. The van der Waals surface area contributed by atoms with Crippen molar-refractivity contribution in [3.05, 3.63) is 66.0 Å². The van der Waals surface area contributed by atoms with Crippen LogP contribution in [0, 0.1) is 5.92 Å². The molecule has 3 heteroatoms. The van der Waals surface area contributed by atoms with E-state index in [1.807, 2.05) is 17.0 Å². The number of rotatable bonds is 3. The Balaban J connectivity index is 1.54. The highest BCUT2D eigenvalue weighted by Gasteiger charge is 2.23. The minimum absolute atomic E-state index is 0.112. The number of nitrogens with zero attached hydrogens (tertiary/aromatic N) is 2. The number of carbonyl (C=O) groups excluding carboxylic acids is 1. The summed E-state index contributed by atoms with van der Waals surface area (Å²) in [4.78, 5) is 18.3. The molecule has 1 aromatic carbocycles. The quantitative estimate of drug-likeness (QED) is 0.865. The first-order valence-electron chi connectivity index (χ1n) is 7.56. The number of likely N-dealkylation sites (tertiary alicyclic amines) is 1. The van der Waals surface area contributed by atoms with Crippen LogP contribution in [0.5, 0.6) is 0 Å². The van der Waals surface area contributed by atoms with Gasteiger partial charge in [0, 0.05) is 25.5 Å². The van der Waals surface area contributed by atoms with Crippen molar-refractivity contribution in [2.45, 2.75) is 19.3 Å². The van der Waals surface area contributed by atoms with Crippen LogP contribution < -0.4 is 0 Å². The number of pyridine rings is 1. The lowest BCUT2D eigenvalue weighted by Gasteiger charge is -2.32. The van der Waals surface area contributed by atoms with Crippen LogP contribution in [0.15, 0.2) is 54.9 Å². The zero-order chi connectivity index (χ0) is 14.5. The standard InChI is InChI=1S/C18H20N2O/c21-18(17-7-4-10-19-14-17)20-11-8-16(9-12-20)13-15-5-2-1-3-6-15/h1-7,10,14,16H,8-9,11-13H2. The summed E-state index contributed by atoms with van der Waals surface area (Å²) < 4.78 is 0. The van der Waals surface area contributed by atoms with E-state index in [1.165, 1.54) is 5.56 Å². The van der Waals surface area contributed by atoms with Gasteiger partial charge in [0.05, 0.1) is 5.56 Å². The Hall–Kier alpha value is -2.16. The summed E-state index contributed by atoms with van der Waals surface area (Å²) in [5.41, 5.74) is 2.09. The van der Waals surface area contributed by atoms with E-state index in [0.29, 0.717) is 11.5 Å². The second-order valence-electron chi connectivity index (χ2n) is 5.67. The van der Waals surface area contributed by atoms with Crippen LogP contribution in [0.2, 0.25) is 0 Å². The Bertz CT molecular complexity index is 575. The topological polar surface area (TPSA) is 33.2 Å². The zero-order valence-electron chi connectivity index (χ0n) is 12.1. The van der Waals surface area contributed by atoms with Crippen molar-refractivity contribution in [1.29, 1.82) is 0 Å². The first-order valence-corrected chi connectivity index (χ1v) is 7.56. The van der Waals surface area contributed by atoms with Gasteiger partial charge in [-0.2, -0.15) is 0 Å². The SMILES string of the molecule is O=C(c1cccnc1)N1CCC(Cc2ccccc2)CC1. The van der Waals surface area contributed by atoms with Gasteiger partial charge >= 0.3 is 0 Å². The molecule has 0 radical (unpaired) electrons. The summed E-state index contributed by atoms with van der Waals surface area (Å²) in [5, 5.41) is 0. The van der Waals surface area contributed by atoms with Crippen LogP contribution in [0.3, 0.4) is 0 Å². The van der Waals surface area contributed by atoms with Crippen LogP contribution in [0.4, 0.5) is 0 Å². The van der Waals surface area contributed by atoms with E-state index in [1.54, 1.807) is 12.4 Å². The normalized spacial score (nSPS) is 15.9. The van der Waals surface area contributed by atoms with E-state index in [4.69, 9.17) is 0 Å². The van der Waals surface area contributed by atoms with E-state index in [-0.39, 0.29) is 5.91 Å². The number of benzene rings is 1. The fourth-order valence-corrected chi connectivity index (χ4v) is 2.96. The molecule has 108 valence electrons. The fourth-order valence-electron chi connectivity index (χ4n) is 2.96. The second kappa shape index (κ2) is 6.53. The third kappa shape index (κ3) is 3.48. The van der Waals surface area contributed by atoms with Crippen LogP contribution in [-0.2, 0) is 6.42 Å². The molecule has 0 aliphatic carbocycles. The Morgan fingerprint density at radius 3 is 2.52 bits per heavy atom. The zero-order valence-corrected chi connectivity index (χ0v) is 12.1. The smallest absolute Gasteiger partial charge is 0.255 e. The van der Waals surface area contributed by atoms with Gasteiger partial charge in [0.25, 0.3) is 5.91 Å². The third-order valence-electron chi connectivity index (χ3n) is 4.18. The summed E-state index contributed by atoms with van der Waals surface area (Å²) in [6, 6.07) is 14.3. The molecule has 3 nitrogen and oxygen atoms in total. The van der Waals surface area contributed by atoms with E-state index in [9.17, 15) is 4.79 Å². The van der Waals surface area contributed by atoms with Gasteiger partial charge in [-0.1, -0.05) is 30.3 Å². The first-order chi connectivity index (χ1) is 10.3. The van der Waals surface area contributed by atoms with Crippen molar-refractivity contribution in [1.82, 2.24) is 9.88 Å². The molecule has 1 aromatic heterocycles. The van der Waals surface area contributed by atoms with E-state index in [0.717, 1.165) is 32.4 Å². The van der Waals surface area contributed by atoms with Gasteiger partial charge in [0.15, 0.2) is 0 Å². The molecule has 0 bridgehead atoms. The molecule has 0 N–H and O–H groups in total. The molecule has 1 amide bonds. The maximum Gasteiger partial charge on any atom is 0.255 e. The third-order valence-corrected chi connectivity index (χ3v) is 4.18. The maximum absolute atomic E-state index is 12.4. The Labute approximate surface area is 125 Å².